The van der Waals surface area contributed by atoms with E-state index in [0.717, 1.165) is 22.6 Å². The molecule has 1 saturated carbocycles. The molecule has 1 aromatic carbocycles. The number of para-hydroxylation sites is 2. The normalized spacial score (nSPS) is 14.7. The highest BCUT2D eigenvalue weighted by Crippen LogP contribution is 2.25. The summed E-state index contributed by atoms with van der Waals surface area (Å²) in [7, 11) is 2.01. The minimum Gasteiger partial charge on any atom is -0.351 e. The van der Waals surface area contributed by atoms with Crippen LogP contribution in [0.4, 0.5) is 5.95 Å². The highest BCUT2D eigenvalue weighted by atomic mass is 15.1. The van der Waals surface area contributed by atoms with E-state index in [9.17, 15) is 0 Å². The Labute approximate surface area is 116 Å². The van der Waals surface area contributed by atoms with Crippen LogP contribution in [-0.4, -0.2) is 25.6 Å². The number of hydrogen-bond donors (Lipinski definition) is 1. The van der Waals surface area contributed by atoms with Crippen molar-refractivity contribution < 1.29 is 0 Å². The molecule has 0 saturated heterocycles. The van der Waals surface area contributed by atoms with Crippen LogP contribution in [0.2, 0.25) is 0 Å². The van der Waals surface area contributed by atoms with E-state index in [-0.39, 0.29) is 0 Å². The van der Waals surface area contributed by atoms with E-state index in [4.69, 9.17) is 0 Å². The van der Waals surface area contributed by atoms with Gasteiger partial charge in [-0.1, -0.05) is 12.1 Å². The standard InChI is InChI=1S/C15H15N5/c1-20-13-5-3-2-4-11(13)18-14(20)12-8-9-16-15(19-12)17-10-6-7-10/h2-5,8-10H,6-7H2,1H3,(H,16,17,19). The van der Waals surface area contributed by atoms with Crippen LogP contribution < -0.4 is 5.32 Å². The van der Waals surface area contributed by atoms with E-state index < -0.39 is 0 Å². The largest absolute Gasteiger partial charge is 0.351 e. The number of benzene rings is 1. The van der Waals surface area contributed by atoms with Gasteiger partial charge in [-0.2, -0.15) is 0 Å². The Morgan fingerprint density at radius 3 is 2.80 bits per heavy atom. The maximum absolute atomic E-state index is 4.66. The highest BCUT2D eigenvalue weighted by molar-refractivity contribution is 5.79. The smallest absolute Gasteiger partial charge is 0.223 e. The number of anilines is 1. The zero-order chi connectivity index (χ0) is 13.5. The molecule has 1 N–H and O–H groups in total. The average Bonchev–Trinajstić information content (AvgIpc) is 3.22. The summed E-state index contributed by atoms with van der Waals surface area (Å²) in [6, 6.07) is 10.6. The van der Waals surface area contributed by atoms with Gasteiger partial charge in [0.25, 0.3) is 0 Å². The third-order valence-electron chi connectivity index (χ3n) is 3.58. The number of rotatable bonds is 3. The molecule has 5 heteroatoms. The van der Waals surface area contributed by atoms with Crippen molar-refractivity contribution in [3.05, 3.63) is 36.5 Å². The summed E-state index contributed by atoms with van der Waals surface area (Å²) in [5, 5.41) is 3.32. The number of hydrogen-bond acceptors (Lipinski definition) is 4. The van der Waals surface area contributed by atoms with Crippen LogP contribution in [0.3, 0.4) is 0 Å². The fourth-order valence-electron chi connectivity index (χ4n) is 2.34. The topological polar surface area (TPSA) is 55.6 Å². The summed E-state index contributed by atoms with van der Waals surface area (Å²) in [6.45, 7) is 0. The second-order valence-corrected chi connectivity index (χ2v) is 5.17. The molecule has 1 fully saturated rings. The third kappa shape index (κ3) is 1.91. The van der Waals surface area contributed by atoms with Crippen LogP contribution in [0.5, 0.6) is 0 Å². The molecule has 3 aromatic rings. The van der Waals surface area contributed by atoms with Gasteiger partial charge in [-0.15, -0.1) is 0 Å². The van der Waals surface area contributed by atoms with E-state index in [1.54, 1.807) is 6.20 Å². The second kappa shape index (κ2) is 4.30. The van der Waals surface area contributed by atoms with Gasteiger partial charge >= 0.3 is 0 Å². The van der Waals surface area contributed by atoms with E-state index in [1.807, 2.05) is 31.3 Å². The van der Waals surface area contributed by atoms with Gasteiger partial charge in [-0.05, 0) is 31.0 Å². The van der Waals surface area contributed by atoms with Gasteiger partial charge in [0.2, 0.25) is 5.95 Å². The van der Waals surface area contributed by atoms with Gasteiger partial charge < -0.3 is 9.88 Å². The number of imidazole rings is 1. The molecule has 5 nitrogen and oxygen atoms in total. The molecule has 0 amide bonds. The van der Waals surface area contributed by atoms with Crippen LogP contribution in [0.25, 0.3) is 22.6 Å². The lowest BCUT2D eigenvalue weighted by molar-refractivity contribution is 0.944. The maximum atomic E-state index is 4.66. The van der Waals surface area contributed by atoms with Gasteiger partial charge in [-0.25, -0.2) is 15.0 Å². The molecule has 0 radical (unpaired) electrons. The van der Waals surface area contributed by atoms with Gasteiger partial charge in [0.1, 0.15) is 5.69 Å². The molecule has 0 atom stereocenters. The lowest BCUT2D eigenvalue weighted by Crippen LogP contribution is -2.06. The van der Waals surface area contributed by atoms with Crippen molar-refractivity contribution in [2.24, 2.45) is 7.05 Å². The molecule has 0 unspecified atom stereocenters. The first-order valence-corrected chi connectivity index (χ1v) is 6.83. The quantitative estimate of drug-likeness (QED) is 0.791. The third-order valence-corrected chi connectivity index (χ3v) is 3.58. The fourth-order valence-corrected chi connectivity index (χ4v) is 2.34. The molecule has 1 aliphatic carbocycles. The molecule has 4 rings (SSSR count). The molecule has 0 bridgehead atoms. The van der Waals surface area contributed by atoms with Crippen LogP contribution in [0.1, 0.15) is 12.8 Å². The predicted octanol–water partition coefficient (Wildman–Crippen LogP) is 2.60. The second-order valence-electron chi connectivity index (χ2n) is 5.17. The summed E-state index contributed by atoms with van der Waals surface area (Å²) >= 11 is 0. The summed E-state index contributed by atoms with van der Waals surface area (Å²) in [6.07, 6.45) is 4.20. The summed E-state index contributed by atoms with van der Waals surface area (Å²) in [5.74, 6) is 1.56. The molecule has 0 aliphatic heterocycles. The zero-order valence-electron chi connectivity index (χ0n) is 11.2. The van der Waals surface area contributed by atoms with Crippen molar-refractivity contribution in [2.75, 3.05) is 5.32 Å². The minimum absolute atomic E-state index is 0.547. The SMILES string of the molecule is Cn1c(-c2ccnc(NC3CC3)n2)nc2ccccc21. The number of fused-ring (bicyclic) bond motifs is 1. The van der Waals surface area contributed by atoms with Crippen LogP contribution in [-0.2, 0) is 7.05 Å². The molecule has 0 spiro atoms. The van der Waals surface area contributed by atoms with Crippen molar-refractivity contribution in [3.8, 4) is 11.5 Å². The molecule has 1 aliphatic rings. The van der Waals surface area contributed by atoms with E-state index in [2.05, 4.69) is 30.9 Å². The van der Waals surface area contributed by atoms with Crippen molar-refractivity contribution in [3.63, 3.8) is 0 Å². The number of nitrogens with zero attached hydrogens (tertiary/aromatic N) is 4. The maximum Gasteiger partial charge on any atom is 0.223 e. The monoisotopic (exact) mass is 265 g/mol. The zero-order valence-corrected chi connectivity index (χ0v) is 11.2. The first kappa shape index (κ1) is 11.4. The first-order valence-electron chi connectivity index (χ1n) is 6.83. The molecule has 2 aromatic heterocycles. The van der Waals surface area contributed by atoms with Gasteiger partial charge in [0, 0.05) is 19.3 Å². The van der Waals surface area contributed by atoms with Gasteiger partial charge in [-0.3, -0.25) is 0 Å². The molecule has 20 heavy (non-hydrogen) atoms. The van der Waals surface area contributed by atoms with Crippen LogP contribution in [0.15, 0.2) is 36.5 Å². The Kier molecular flexibility index (Phi) is 2.45. The Balaban J connectivity index is 1.79. The molecule has 2 heterocycles. The number of aromatic nitrogens is 4. The van der Waals surface area contributed by atoms with Crippen LogP contribution in [0, 0.1) is 0 Å². The van der Waals surface area contributed by atoms with Crippen molar-refractivity contribution >= 4 is 17.0 Å². The predicted molar refractivity (Wildman–Crippen MR) is 78.4 cm³/mol. The van der Waals surface area contributed by atoms with Crippen LogP contribution >= 0.6 is 0 Å². The molecular formula is C15H15N5. The molecular weight excluding hydrogens is 250 g/mol. The van der Waals surface area contributed by atoms with Crippen molar-refractivity contribution in [2.45, 2.75) is 18.9 Å². The Morgan fingerprint density at radius 2 is 2.00 bits per heavy atom. The number of nitrogens with one attached hydrogen (secondary N) is 1. The van der Waals surface area contributed by atoms with E-state index >= 15 is 0 Å². The Morgan fingerprint density at radius 1 is 1.15 bits per heavy atom. The lowest BCUT2D eigenvalue weighted by atomic mass is 10.3. The average molecular weight is 265 g/mol. The van der Waals surface area contributed by atoms with Crippen molar-refractivity contribution in [1.29, 1.82) is 0 Å². The van der Waals surface area contributed by atoms with E-state index in [0.29, 0.717) is 12.0 Å². The highest BCUT2D eigenvalue weighted by Gasteiger charge is 2.22. The minimum atomic E-state index is 0.547. The Bertz CT molecular complexity index is 773. The first-order chi connectivity index (χ1) is 9.81. The summed E-state index contributed by atoms with van der Waals surface area (Å²) < 4.78 is 2.07. The number of aryl methyl sites for hydroxylation is 1. The molecule has 100 valence electrons. The van der Waals surface area contributed by atoms with E-state index in [1.165, 1.54) is 12.8 Å². The lowest BCUT2D eigenvalue weighted by Gasteiger charge is -2.05. The summed E-state index contributed by atoms with van der Waals surface area (Å²) in [4.78, 5) is 13.5. The van der Waals surface area contributed by atoms with Gasteiger partial charge in [0.15, 0.2) is 5.82 Å². The van der Waals surface area contributed by atoms with Gasteiger partial charge in [0.05, 0.1) is 11.0 Å². The summed E-state index contributed by atoms with van der Waals surface area (Å²) in [5.41, 5.74) is 2.94. The van der Waals surface area contributed by atoms with Crippen molar-refractivity contribution in [1.82, 2.24) is 19.5 Å². The Hall–Kier alpha value is -2.43. The fraction of sp³-hybridized carbons (Fsp3) is 0.267.